The highest BCUT2D eigenvalue weighted by molar-refractivity contribution is 5.86. The number of hydrogen-bond acceptors (Lipinski definition) is 2. The third kappa shape index (κ3) is 3.21. The van der Waals surface area contributed by atoms with Gasteiger partial charge < -0.3 is 10.1 Å². The van der Waals surface area contributed by atoms with Gasteiger partial charge in [0.05, 0.1) is 11.6 Å². The molecule has 4 heteroatoms. The molecular formula is C25H22N2O2. The van der Waals surface area contributed by atoms with E-state index in [4.69, 9.17) is 0 Å². The number of carboxylic acids is 1. The summed E-state index contributed by atoms with van der Waals surface area (Å²) >= 11 is 0. The van der Waals surface area contributed by atoms with Crippen molar-refractivity contribution in [2.24, 2.45) is 0 Å². The van der Waals surface area contributed by atoms with E-state index < -0.39 is 5.97 Å². The van der Waals surface area contributed by atoms with Crippen LogP contribution in [0.3, 0.4) is 0 Å². The van der Waals surface area contributed by atoms with E-state index in [0.717, 1.165) is 27.7 Å². The molecule has 0 aliphatic heterocycles. The number of carbonyl (C=O) groups is 1. The maximum Gasteiger partial charge on any atom is 0.354 e. The zero-order valence-electron chi connectivity index (χ0n) is 16.2. The van der Waals surface area contributed by atoms with Crippen LogP contribution in [0.25, 0.3) is 10.9 Å². The molecule has 0 radical (unpaired) electrons. The molecule has 1 saturated carbocycles. The van der Waals surface area contributed by atoms with Crippen molar-refractivity contribution in [3.8, 4) is 0 Å². The van der Waals surface area contributed by atoms with Gasteiger partial charge >= 0.3 is 5.97 Å². The zero-order chi connectivity index (χ0) is 20.0. The van der Waals surface area contributed by atoms with Gasteiger partial charge in [0.2, 0.25) is 0 Å². The number of pyridine rings is 1. The van der Waals surface area contributed by atoms with Gasteiger partial charge in [0.1, 0.15) is 5.69 Å². The lowest BCUT2D eigenvalue weighted by Crippen LogP contribution is -2.09. The van der Waals surface area contributed by atoms with Crippen LogP contribution in [0.15, 0.2) is 66.9 Å². The van der Waals surface area contributed by atoms with Crippen LogP contribution in [0.1, 0.15) is 63.1 Å². The van der Waals surface area contributed by atoms with Gasteiger partial charge in [-0.05, 0) is 66.1 Å². The fourth-order valence-electron chi connectivity index (χ4n) is 4.25. The Morgan fingerprint density at radius 1 is 1.10 bits per heavy atom. The molecule has 1 aliphatic rings. The van der Waals surface area contributed by atoms with Crippen molar-refractivity contribution >= 4 is 16.9 Å². The third-order valence-corrected chi connectivity index (χ3v) is 5.87. The molecule has 5 rings (SSSR count). The Hall–Kier alpha value is -3.40. The minimum Gasteiger partial charge on any atom is -0.477 e. The van der Waals surface area contributed by atoms with Gasteiger partial charge in [-0.3, -0.25) is 0 Å². The number of nitrogens with zero attached hydrogens (tertiary/aromatic N) is 1. The lowest BCUT2D eigenvalue weighted by atomic mass is 9.85. The van der Waals surface area contributed by atoms with E-state index >= 15 is 0 Å². The highest BCUT2D eigenvalue weighted by Gasteiger charge is 2.28. The number of aromatic carboxylic acids is 1. The SMILES string of the molecule is Cc1ccc(C(c2cccc(C(=O)O)n2)c2c[nH]c3ccccc23)cc1C1CC1. The summed E-state index contributed by atoms with van der Waals surface area (Å²) in [6.45, 7) is 2.17. The van der Waals surface area contributed by atoms with Gasteiger partial charge in [0, 0.05) is 17.1 Å². The summed E-state index contributed by atoms with van der Waals surface area (Å²) in [4.78, 5) is 19.4. The van der Waals surface area contributed by atoms with Gasteiger partial charge in [-0.25, -0.2) is 9.78 Å². The van der Waals surface area contributed by atoms with E-state index in [1.807, 2.05) is 24.4 Å². The Morgan fingerprint density at radius 3 is 2.72 bits per heavy atom. The Bertz CT molecular complexity index is 1220. The second kappa shape index (κ2) is 6.89. The zero-order valence-corrected chi connectivity index (χ0v) is 16.2. The lowest BCUT2D eigenvalue weighted by Gasteiger charge is -2.19. The summed E-state index contributed by atoms with van der Waals surface area (Å²) in [6, 6.07) is 20.1. The smallest absolute Gasteiger partial charge is 0.354 e. The molecule has 2 N–H and O–H groups in total. The Kier molecular flexibility index (Phi) is 4.20. The van der Waals surface area contributed by atoms with Crippen LogP contribution in [-0.2, 0) is 0 Å². The molecule has 144 valence electrons. The molecule has 2 heterocycles. The Balaban J connectivity index is 1.73. The summed E-state index contributed by atoms with van der Waals surface area (Å²) < 4.78 is 0. The first-order valence-electron chi connectivity index (χ1n) is 9.98. The van der Waals surface area contributed by atoms with Crippen molar-refractivity contribution in [3.05, 3.63) is 101 Å². The number of rotatable bonds is 5. The topological polar surface area (TPSA) is 66.0 Å². The first kappa shape index (κ1) is 17.7. The molecule has 0 bridgehead atoms. The van der Waals surface area contributed by atoms with E-state index in [0.29, 0.717) is 5.92 Å². The Morgan fingerprint density at radius 2 is 1.93 bits per heavy atom. The van der Waals surface area contributed by atoms with Gasteiger partial charge in [0.25, 0.3) is 0 Å². The van der Waals surface area contributed by atoms with Crippen LogP contribution in [0, 0.1) is 6.92 Å². The van der Waals surface area contributed by atoms with Crippen LogP contribution in [0.4, 0.5) is 0 Å². The number of H-pyrrole nitrogens is 1. The fraction of sp³-hybridized carbons (Fsp3) is 0.200. The second-order valence-electron chi connectivity index (χ2n) is 7.87. The minimum absolute atomic E-state index is 0.0712. The summed E-state index contributed by atoms with van der Waals surface area (Å²) in [7, 11) is 0. The van der Waals surface area contributed by atoms with E-state index in [1.165, 1.54) is 24.0 Å². The average Bonchev–Trinajstić information content (AvgIpc) is 3.50. The van der Waals surface area contributed by atoms with Gasteiger partial charge in [-0.15, -0.1) is 0 Å². The standard InChI is InChI=1S/C25H22N2O2/c1-15-9-10-17(13-19(15)16-11-12-16)24(22-7-4-8-23(27-22)25(28)29)20-14-26-21-6-3-2-5-18(20)21/h2-10,13-14,16,24,26H,11-12H2,1H3,(H,28,29). The number of aromatic nitrogens is 2. The van der Waals surface area contributed by atoms with Gasteiger partial charge in [0.15, 0.2) is 0 Å². The number of hydrogen-bond donors (Lipinski definition) is 2. The number of carboxylic acid groups (broad SMARTS) is 1. The predicted molar refractivity (Wildman–Crippen MR) is 114 cm³/mol. The van der Waals surface area contributed by atoms with Crippen LogP contribution in [0.2, 0.25) is 0 Å². The summed E-state index contributed by atoms with van der Waals surface area (Å²) in [5.41, 5.74) is 6.87. The predicted octanol–water partition coefficient (Wildman–Crippen LogP) is 5.63. The van der Waals surface area contributed by atoms with E-state index in [1.54, 1.807) is 12.1 Å². The number of fused-ring (bicyclic) bond motifs is 1. The maximum atomic E-state index is 11.5. The number of benzene rings is 2. The van der Waals surface area contributed by atoms with Crippen LogP contribution >= 0.6 is 0 Å². The highest BCUT2D eigenvalue weighted by Crippen LogP contribution is 2.44. The van der Waals surface area contributed by atoms with Crippen molar-refractivity contribution in [3.63, 3.8) is 0 Å². The first-order chi connectivity index (χ1) is 14.1. The number of para-hydroxylation sites is 1. The molecule has 2 aromatic carbocycles. The van der Waals surface area contributed by atoms with Crippen molar-refractivity contribution in [2.45, 2.75) is 31.6 Å². The number of nitrogens with one attached hydrogen (secondary N) is 1. The second-order valence-corrected chi connectivity index (χ2v) is 7.87. The van der Waals surface area contributed by atoms with Gasteiger partial charge in [-0.1, -0.05) is 42.5 Å². The molecule has 4 nitrogen and oxygen atoms in total. The molecule has 4 aromatic rings. The van der Waals surface area contributed by atoms with Crippen LogP contribution in [-0.4, -0.2) is 21.0 Å². The molecule has 1 atom stereocenters. The molecule has 29 heavy (non-hydrogen) atoms. The maximum absolute atomic E-state index is 11.5. The van der Waals surface area contributed by atoms with Crippen molar-refractivity contribution in [1.29, 1.82) is 0 Å². The molecule has 0 amide bonds. The summed E-state index contributed by atoms with van der Waals surface area (Å²) in [5.74, 6) is -0.493. The van der Waals surface area contributed by atoms with Crippen LogP contribution < -0.4 is 0 Å². The molecule has 0 saturated heterocycles. The molecule has 0 spiro atoms. The van der Waals surface area contributed by atoms with E-state index in [-0.39, 0.29) is 11.6 Å². The fourth-order valence-corrected chi connectivity index (χ4v) is 4.25. The van der Waals surface area contributed by atoms with Crippen molar-refractivity contribution in [2.75, 3.05) is 0 Å². The quantitative estimate of drug-likeness (QED) is 0.470. The van der Waals surface area contributed by atoms with Crippen LogP contribution in [0.5, 0.6) is 0 Å². The average molecular weight is 382 g/mol. The van der Waals surface area contributed by atoms with Crippen molar-refractivity contribution in [1.82, 2.24) is 9.97 Å². The first-order valence-corrected chi connectivity index (χ1v) is 9.98. The third-order valence-electron chi connectivity index (χ3n) is 5.87. The monoisotopic (exact) mass is 382 g/mol. The van der Waals surface area contributed by atoms with E-state index in [2.05, 4.69) is 47.2 Å². The summed E-state index contributed by atoms with van der Waals surface area (Å²) in [5, 5.41) is 10.6. The van der Waals surface area contributed by atoms with Crippen molar-refractivity contribution < 1.29 is 9.90 Å². The van der Waals surface area contributed by atoms with E-state index in [9.17, 15) is 9.90 Å². The molecule has 1 aliphatic carbocycles. The summed E-state index contributed by atoms with van der Waals surface area (Å²) in [6.07, 6.45) is 4.52. The minimum atomic E-state index is -1.01. The normalized spacial score (nSPS) is 14.8. The molecule has 1 fully saturated rings. The molecule has 2 aromatic heterocycles. The lowest BCUT2D eigenvalue weighted by molar-refractivity contribution is 0.0690. The molecule has 1 unspecified atom stereocenters. The molecular weight excluding hydrogens is 360 g/mol. The largest absolute Gasteiger partial charge is 0.477 e. The van der Waals surface area contributed by atoms with Gasteiger partial charge in [-0.2, -0.15) is 0 Å². The Labute approximate surface area is 169 Å². The highest BCUT2D eigenvalue weighted by atomic mass is 16.4. The number of aryl methyl sites for hydroxylation is 1. The number of aromatic amines is 1.